The normalized spacial score (nSPS) is 15.2. The minimum atomic E-state index is -0.479. The van der Waals surface area contributed by atoms with E-state index < -0.39 is 5.25 Å². The van der Waals surface area contributed by atoms with Crippen molar-refractivity contribution in [2.45, 2.75) is 37.7 Å². The Bertz CT molecular complexity index is 902. The Balaban J connectivity index is 1.89. The molecule has 7 nitrogen and oxygen atoms in total. The van der Waals surface area contributed by atoms with Crippen LogP contribution in [-0.4, -0.2) is 49.9 Å². The van der Waals surface area contributed by atoms with Crippen LogP contribution in [0.2, 0.25) is 10.0 Å². The first-order valence-electron chi connectivity index (χ1n) is 8.92. The number of carbonyl (C=O) groups excluding carboxylic acids is 2. The molecule has 1 unspecified atom stereocenters. The largest absolute Gasteiger partial charge is 0.336 e. The molecule has 1 aromatic carbocycles. The third-order valence-corrected chi connectivity index (χ3v) is 5.81. The minimum absolute atomic E-state index is 0.245. The zero-order valence-electron chi connectivity index (χ0n) is 15.8. The molecule has 2 heterocycles. The molecule has 1 fully saturated rings. The fraction of sp³-hybridized carbons (Fsp3) is 0.444. The molecule has 0 spiro atoms. The lowest BCUT2D eigenvalue weighted by Crippen LogP contribution is -2.39. The summed E-state index contributed by atoms with van der Waals surface area (Å²) in [5, 5.41) is 12.4. The smallest absolute Gasteiger partial charge is 0.324 e. The Morgan fingerprint density at radius 1 is 1.29 bits per heavy atom. The summed E-state index contributed by atoms with van der Waals surface area (Å²) in [6, 6.07) is 4.87. The summed E-state index contributed by atoms with van der Waals surface area (Å²) in [6.45, 7) is 7.46. The van der Waals surface area contributed by atoms with Gasteiger partial charge in [-0.1, -0.05) is 48.8 Å². The molecule has 0 bridgehead atoms. The van der Waals surface area contributed by atoms with Crippen LogP contribution in [0.1, 0.15) is 20.8 Å². The fourth-order valence-electron chi connectivity index (χ4n) is 2.89. The molecular formula is C18H21Cl2N5O2S. The van der Waals surface area contributed by atoms with Gasteiger partial charge in [0.05, 0.1) is 10.3 Å². The van der Waals surface area contributed by atoms with Crippen molar-refractivity contribution in [1.82, 2.24) is 25.0 Å². The highest BCUT2D eigenvalue weighted by Crippen LogP contribution is 2.33. The van der Waals surface area contributed by atoms with Gasteiger partial charge < -0.3 is 9.88 Å². The predicted molar refractivity (Wildman–Crippen MR) is 111 cm³/mol. The quantitative estimate of drug-likeness (QED) is 0.686. The van der Waals surface area contributed by atoms with Gasteiger partial charge in [0.25, 0.3) is 0 Å². The topological polar surface area (TPSA) is 80.1 Å². The molecule has 3 rings (SSSR count). The van der Waals surface area contributed by atoms with Crippen LogP contribution in [0.3, 0.4) is 0 Å². The number of thioether (sulfide) groups is 1. The Hall–Kier alpha value is -1.77. The highest BCUT2D eigenvalue weighted by atomic mass is 35.5. The van der Waals surface area contributed by atoms with Gasteiger partial charge in [0.15, 0.2) is 11.0 Å². The lowest BCUT2D eigenvalue weighted by atomic mass is 10.2. The Morgan fingerprint density at radius 2 is 2.04 bits per heavy atom. The lowest BCUT2D eigenvalue weighted by molar-refractivity contribution is -0.126. The maximum atomic E-state index is 12.6. The van der Waals surface area contributed by atoms with E-state index in [0.29, 0.717) is 46.6 Å². The van der Waals surface area contributed by atoms with Crippen LogP contribution in [0.15, 0.2) is 23.4 Å². The van der Waals surface area contributed by atoms with Crippen LogP contribution in [-0.2, 0) is 11.3 Å². The number of benzene rings is 1. The van der Waals surface area contributed by atoms with E-state index in [1.807, 2.05) is 10.6 Å². The number of urea groups is 1. The molecule has 1 aromatic heterocycles. The van der Waals surface area contributed by atoms with Crippen LogP contribution in [0.25, 0.3) is 11.4 Å². The van der Waals surface area contributed by atoms with Crippen molar-refractivity contribution < 1.29 is 9.59 Å². The van der Waals surface area contributed by atoms with E-state index in [0.717, 1.165) is 5.56 Å². The van der Waals surface area contributed by atoms with Gasteiger partial charge in [0.2, 0.25) is 5.91 Å². The van der Waals surface area contributed by atoms with Gasteiger partial charge in [-0.05, 0) is 31.0 Å². The summed E-state index contributed by atoms with van der Waals surface area (Å²) in [6.07, 6.45) is 0. The number of nitrogens with zero attached hydrogens (tertiary/aromatic N) is 4. The van der Waals surface area contributed by atoms with Crippen molar-refractivity contribution in [1.29, 1.82) is 0 Å². The van der Waals surface area contributed by atoms with Crippen LogP contribution in [0.5, 0.6) is 0 Å². The van der Waals surface area contributed by atoms with Crippen LogP contribution >= 0.6 is 35.0 Å². The van der Waals surface area contributed by atoms with Crippen LogP contribution in [0, 0.1) is 5.92 Å². The molecule has 0 radical (unpaired) electrons. The Labute approximate surface area is 177 Å². The van der Waals surface area contributed by atoms with Gasteiger partial charge in [-0.15, -0.1) is 10.2 Å². The number of imide groups is 1. The monoisotopic (exact) mass is 441 g/mol. The molecule has 10 heteroatoms. The molecular weight excluding hydrogens is 421 g/mol. The lowest BCUT2D eigenvalue weighted by Gasteiger charge is -2.18. The summed E-state index contributed by atoms with van der Waals surface area (Å²) in [7, 11) is 0. The van der Waals surface area contributed by atoms with Crippen LogP contribution in [0.4, 0.5) is 4.79 Å². The first kappa shape index (κ1) is 21.0. The second kappa shape index (κ2) is 8.71. The summed E-state index contributed by atoms with van der Waals surface area (Å²) < 4.78 is 1.96. The SMILES string of the molecule is CC(C)Cn1c(SC(C)C(=O)N2CCNC2=O)nnc1-c1ccc(Cl)cc1Cl. The first-order chi connectivity index (χ1) is 13.3. The zero-order valence-corrected chi connectivity index (χ0v) is 18.1. The summed E-state index contributed by atoms with van der Waals surface area (Å²) >= 11 is 13.7. The third-order valence-electron chi connectivity index (χ3n) is 4.19. The average Bonchev–Trinajstić information content (AvgIpc) is 3.21. The van der Waals surface area contributed by atoms with E-state index in [1.165, 1.54) is 16.7 Å². The maximum absolute atomic E-state index is 12.6. The fourth-order valence-corrected chi connectivity index (χ4v) is 4.30. The number of hydrogen-bond acceptors (Lipinski definition) is 5. The van der Waals surface area contributed by atoms with Gasteiger partial charge in [0.1, 0.15) is 0 Å². The Kier molecular flexibility index (Phi) is 6.52. The van der Waals surface area contributed by atoms with Gasteiger partial charge in [-0.25, -0.2) is 4.79 Å². The second-order valence-corrected chi connectivity index (χ2v) is 9.07. The van der Waals surface area contributed by atoms with Gasteiger partial charge in [-0.2, -0.15) is 0 Å². The molecule has 1 aliphatic heterocycles. The number of amides is 3. The van der Waals surface area contributed by atoms with E-state index in [1.54, 1.807) is 19.1 Å². The molecule has 1 atom stereocenters. The highest BCUT2D eigenvalue weighted by molar-refractivity contribution is 8.00. The summed E-state index contributed by atoms with van der Waals surface area (Å²) in [4.78, 5) is 25.6. The summed E-state index contributed by atoms with van der Waals surface area (Å²) in [5.41, 5.74) is 0.726. The van der Waals surface area contributed by atoms with Crippen molar-refractivity contribution in [2.24, 2.45) is 5.92 Å². The standard InChI is InChI=1S/C18H21Cl2N5O2S/c1-10(2)9-25-15(13-5-4-12(19)8-14(13)20)22-23-18(25)28-11(3)16(26)24-7-6-21-17(24)27/h4-5,8,10-11H,6-7,9H2,1-3H3,(H,21,27). The van der Waals surface area contributed by atoms with E-state index in [4.69, 9.17) is 23.2 Å². The number of halogens is 2. The van der Waals surface area contributed by atoms with Gasteiger partial charge >= 0.3 is 6.03 Å². The number of aromatic nitrogens is 3. The van der Waals surface area contributed by atoms with Crippen molar-refractivity contribution in [3.05, 3.63) is 28.2 Å². The molecule has 0 aliphatic carbocycles. The molecule has 28 heavy (non-hydrogen) atoms. The minimum Gasteiger partial charge on any atom is -0.336 e. The number of rotatable bonds is 6. The van der Waals surface area contributed by atoms with Crippen molar-refractivity contribution in [2.75, 3.05) is 13.1 Å². The molecule has 3 amide bonds. The molecule has 0 saturated carbocycles. The average molecular weight is 442 g/mol. The van der Waals surface area contributed by atoms with Crippen molar-refractivity contribution in [3.8, 4) is 11.4 Å². The second-order valence-electron chi connectivity index (χ2n) is 6.92. The number of hydrogen-bond donors (Lipinski definition) is 1. The van der Waals surface area contributed by atoms with E-state index in [9.17, 15) is 9.59 Å². The number of carbonyl (C=O) groups is 2. The van der Waals surface area contributed by atoms with E-state index >= 15 is 0 Å². The van der Waals surface area contributed by atoms with E-state index in [2.05, 4.69) is 29.4 Å². The molecule has 1 aliphatic rings. The van der Waals surface area contributed by atoms with Gasteiger partial charge in [0, 0.05) is 30.2 Å². The van der Waals surface area contributed by atoms with Gasteiger partial charge in [-0.3, -0.25) is 9.69 Å². The predicted octanol–water partition coefficient (Wildman–Crippen LogP) is 3.94. The Morgan fingerprint density at radius 3 is 2.64 bits per heavy atom. The third kappa shape index (κ3) is 4.45. The molecule has 2 aromatic rings. The maximum Gasteiger partial charge on any atom is 0.324 e. The van der Waals surface area contributed by atoms with Crippen molar-refractivity contribution in [3.63, 3.8) is 0 Å². The molecule has 150 valence electrons. The molecule has 1 N–H and O–H groups in total. The zero-order chi connectivity index (χ0) is 20.4. The molecule has 1 saturated heterocycles. The first-order valence-corrected chi connectivity index (χ1v) is 10.6. The highest BCUT2D eigenvalue weighted by Gasteiger charge is 2.31. The van der Waals surface area contributed by atoms with Crippen molar-refractivity contribution >= 4 is 46.9 Å². The van der Waals surface area contributed by atoms with E-state index in [-0.39, 0.29) is 11.9 Å². The van der Waals surface area contributed by atoms with Crippen LogP contribution < -0.4 is 5.32 Å². The summed E-state index contributed by atoms with van der Waals surface area (Å²) in [5.74, 6) is 0.706. The number of nitrogens with one attached hydrogen (secondary N) is 1.